The van der Waals surface area contributed by atoms with E-state index in [4.69, 9.17) is 0 Å². The van der Waals surface area contributed by atoms with Gasteiger partial charge < -0.3 is 9.64 Å². The maximum absolute atomic E-state index is 11.1. The maximum atomic E-state index is 11.1. The first-order valence-corrected chi connectivity index (χ1v) is 6.27. The van der Waals surface area contributed by atoms with Gasteiger partial charge in [-0.25, -0.2) is 0 Å². The minimum absolute atomic E-state index is 0.136. The smallest absolute Gasteiger partial charge is 0.319 e. The van der Waals surface area contributed by atoms with E-state index in [2.05, 4.69) is 21.5 Å². The summed E-state index contributed by atoms with van der Waals surface area (Å²) in [5.41, 5.74) is 0. The molecule has 0 N–H and O–H groups in total. The van der Waals surface area contributed by atoms with Crippen LogP contribution < -0.4 is 0 Å². The highest BCUT2D eigenvalue weighted by Gasteiger charge is 2.12. The van der Waals surface area contributed by atoms with Gasteiger partial charge in [-0.3, -0.25) is 9.69 Å². The molecule has 0 bridgehead atoms. The van der Waals surface area contributed by atoms with Crippen molar-refractivity contribution < 1.29 is 9.53 Å². The SMILES string of the molecule is CCN(CCCN1CCCC1)CC(=O)OC. The normalized spacial score (nSPS) is 16.9. The molecule has 1 aliphatic rings. The van der Waals surface area contributed by atoms with Crippen LogP contribution >= 0.6 is 0 Å². The van der Waals surface area contributed by atoms with Crippen molar-refractivity contribution in [3.8, 4) is 0 Å². The van der Waals surface area contributed by atoms with Crippen molar-refractivity contribution >= 4 is 5.97 Å². The van der Waals surface area contributed by atoms with Crippen molar-refractivity contribution in [1.82, 2.24) is 9.80 Å². The molecule has 0 radical (unpaired) electrons. The minimum Gasteiger partial charge on any atom is -0.468 e. The van der Waals surface area contributed by atoms with Gasteiger partial charge in [-0.2, -0.15) is 0 Å². The standard InChI is InChI=1S/C12H24N2O2/c1-3-13(11-12(15)16-2)9-6-10-14-7-4-5-8-14/h3-11H2,1-2H3. The molecule has 1 aliphatic heterocycles. The van der Waals surface area contributed by atoms with Crippen LogP contribution in [0, 0.1) is 0 Å². The molecule has 16 heavy (non-hydrogen) atoms. The summed E-state index contributed by atoms with van der Waals surface area (Å²) in [6.45, 7) is 8.08. The second kappa shape index (κ2) is 7.63. The molecule has 4 nitrogen and oxygen atoms in total. The number of nitrogens with zero attached hydrogens (tertiary/aromatic N) is 2. The van der Waals surface area contributed by atoms with E-state index in [1.54, 1.807) is 0 Å². The molecular formula is C12H24N2O2. The molecule has 4 heteroatoms. The number of carbonyl (C=O) groups is 1. The van der Waals surface area contributed by atoms with Crippen LogP contribution in [0.5, 0.6) is 0 Å². The van der Waals surface area contributed by atoms with Gasteiger partial charge in [0.15, 0.2) is 0 Å². The number of methoxy groups -OCH3 is 1. The zero-order valence-electron chi connectivity index (χ0n) is 10.6. The number of carbonyl (C=O) groups excluding carboxylic acids is 1. The van der Waals surface area contributed by atoms with Gasteiger partial charge >= 0.3 is 5.97 Å². The molecular weight excluding hydrogens is 204 g/mol. The minimum atomic E-state index is -0.136. The van der Waals surface area contributed by atoms with Crippen LogP contribution in [0.25, 0.3) is 0 Å². The summed E-state index contributed by atoms with van der Waals surface area (Å²) in [6, 6.07) is 0. The third-order valence-corrected chi connectivity index (χ3v) is 3.17. The molecule has 0 aromatic heterocycles. The van der Waals surface area contributed by atoms with Crippen LogP contribution in [0.15, 0.2) is 0 Å². The topological polar surface area (TPSA) is 32.8 Å². The number of ether oxygens (including phenoxy) is 1. The highest BCUT2D eigenvalue weighted by molar-refractivity contribution is 5.71. The van der Waals surface area contributed by atoms with E-state index in [9.17, 15) is 4.79 Å². The van der Waals surface area contributed by atoms with E-state index in [1.165, 1.54) is 33.0 Å². The first-order valence-electron chi connectivity index (χ1n) is 6.27. The van der Waals surface area contributed by atoms with Gasteiger partial charge in [0.1, 0.15) is 0 Å². The summed E-state index contributed by atoms with van der Waals surface area (Å²) in [4.78, 5) is 15.8. The number of esters is 1. The van der Waals surface area contributed by atoms with E-state index in [-0.39, 0.29) is 5.97 Å². The van der Waals surface area contributed by atoms with Crippen molar-refractivity contribution in [2.75, 3.05) is 46.4 Å². The zero-order valence-corrected chi connectivity index (χ0v) is 10.6. The zero-order chi connectivity index (χ0) is 11.8. The lowest BCUT2D eigenvalue weighted by Crippen LogP contribution is -2.33. The van der Waals surface area contributed by atoms with Crippen molar-refractivity contribution in [2.24, 2.45) is 0 Å². The summed E-state index contributed by atoms with van der Waals surface area (Å²) in [5.74, 6) is -0.136. The molecule has 0 aromatic carbocycles. The summed E-state index contributed by atoms with van der Waals surface area (Å²) in [5, 5.41) is 0. The monoisotopic (exact) mass is 228 g/mol. The lowest BCUT2D eigenvalue weighted by molar-refractivity contribution is -0.141. The van der Waals surface area contributed by atoms with Crippen molar-refractivity contribution in [2.45, 2.75) is 26.2 Å². The first-order chi connectivity index (χ1) is 7.76. The summed E-state index contributed by atoms with van der Waals surface area (Å²) in [7, 11) is 1.44. The van der Waals surface area contributed by atoms with Crippen LogP contribution in [-0.2, 0) is 9.53 Å². The molecule has 0 saturated carbocycles. The highest BCUT2D eigenvalue weighted by Crippen LogP contribution is 2.07. The van der Waals surface area contributed by atoms with Crippen LogP contribution in [-0.4, -0.2) is 62.1 Å². The van der Waals surface area contributed by atoms with Crippen LogP contribution in [0.2, 0.25) is 0 Å². The largest absolute Gasteiger partial charge is 0.468 e. The van der Waals surface area contributed by atoms with Gasteiger partial charge in [0.2, 0.25) is 0 Å². The predicted octanol–water partition coefficient (Wildman–Crippen LogP) is 0.967. The Bertz CT molecular complexity index is 203. The van der Waals surface area contributed by atoms with Gasteiger partial charge in [0.25, 0.3) is 0 Å². The predicted molar refractivity (Wildman–Crippen MR) is 64.4 cm³/mol. The second-order valence-corrected chi connectivity index (χ2v) is 4.35. The summed E-state index contributed by atoms with van der Waals surface area (Å²) >= 11 is 0. The number of rotatable bonds is 7. The molecule has 1 heterocycles. The van der Waals surface area contributed by atoms with Crippen molar-refractivity contribution in [1.29, 1.82) is 0 Å². The third kappa shape index (κ3) is 4.94. The highest BCUT2D eigenvalue weighted by atomic mass is 16.5. The van der Waals surface area contributed by atoms with Crippen molar-refractivity contribution in [3.05, 3.63) is 0 Å². The van der Waals surface area contributed by atoms with E-state index < -0.39 is 0 Å². The molecule has 0 aromatic rings. The Morgan fingerprint density at radius 2 is 2.06 bits per heavy atom. The van der Waals surface area contributed by atoms with Gasteiger partial charge in [-0.1, -0.05) is 6.92 Å². The van der Waals surface area contributed by atoms with Gasteiger partial charge in [0.05, 0.1) is 13.7 Å². The Hall–Kier alpha value is -0.610. The molecule has 0 unspecified atom stereocenters. The molecule has 94 valence electrons. The van der Waals surface area contributed by atoms with Gasteiger partial charge in [0, 0.05) is 0 Å². The third-order valence-electron chi connectivity index (χ3n) is 3.17. The van der Waals surface area contributed by atoms with Crippen LogP contribution in [0.4, 0.5) is 0 Å². The lowest BCUT2D eigenvalue weighted by atomic mass is 10.3. The van der Waals surface area contributed by atoms with Crippen LogP contribution in [0.1, 0.15) is 26.2 Å². The maximum Gasteiger partial charge on any atom is 0.319 e. The Morgan fingerprint density at radius 3 is 2.62 bits per heavy atom. The molecule has 1 fully saturated rings. The van der Waals surface area contributed by atoms with Gasteiger partial charge in [-0.05, 0) is 52.0 Å². The number of likely N-dealkylation sites (tertiary alicyclic amines) is 1. The Labute approximate surface area is 98.5 Å². The fraction of sp³-hybridized carbons (Fsp3) is 0.917. The van der Waals surface area contributed by atoms with Crippen LogP contribution in [0.3, 0.4) is 0 Å². The average Bonchev–Trinajstić information content (AvgIpc) is 2.80. The molecule has 0 amide bonds. The number of hydrogen-bond acceptors (Lipinski definition) is 4. The second-order valence-electron chi connectivity index (χ2n) is 4.35. The Balaban J connectivity index is 2.10. The summed E-state index contributed by atoms with van der Waals surface area (Å²) < 4.78 is 4.67. The Kier molecular flexibility index (Phi) is 6.42. The average molecular weight is 228 g/mol. The van der Waals surface area contributed by atoms with Crippen molar-refractivity contribution in [3.63, 3.8) is 0 Å². The first kappa shape index (κ1) is 13.5. The Morgan fingerprint density at radius 1 is 1.38 bits per heavy atom. The fourth-order valence-electron chi connectivity index (χ4n) is 2.12. The van der Waals surface area contributed by atoms with E-state index in [0.717, 1.165) is 26.1 Å². The molecule has 1 rings (SSSR count). The van der Waals surface area contributed by atoms with E-state index in [0.29, 0.717) is 6.54 Å². The molecule has 0 aliphatic carbocycles. The lowest BCUT2D eigenvalue weighted by Gasteiger charge is -2.21. The number of likely N-dealkylation sites (N-methyl/N-ethyl adjacent to an activating group) is 1. The fourth-order valence-corrected chi connectivity index (χ4v) is 2.12. The van der Waals surface area contributed by atoms with E-state index in [1.807, 2.05) is 0 Å². The molecule has 0 atom stereocenters. The van der Waals surface area contributed by atoms with Gasteiger partial charge in [-0.15, -0.1) is 0 Å². The molecule has 1 saturated heterocycles. The quantitative estimate of drug-likeness (QED) is 0.608. The number of hydrogen-bond donors (Lipinski definition) is 0. The van der Waals surface area contributed by atoms with E-state index >= 15 is 0 Å². The summed E-state index contributed by atoms with van der Waals surface area (Å²) in [6.07, 6.45) is 3.84. The molecule has 0 spiro atoms.